The third-order valence-corrected chi connectivity index (χ3v) is 3.60. The highest BCUT2D eigenvalue weighted by molar-refractivity contribution is 5.95. The summed E-state index contributed by atoms with van der Waals surface area (Å²) in [6.45, 7) is 0. The summed E-state index contributed by atoms with van der Waals surface area (Å²) in [6.07, 6.45) is 4.51. The number of anilines is 1. The van der Waals surface area contributed by atoms with Crippen LogP contribution in [-0.4, -0.2) is 24.1 Å². The second-order valence-corrected chi connectivity index (χ2v) is 4.79. The van der Waals surface area contributed by atoms with E-state index in [0.29, 0.717) is 0 Å². The highest BCUT2D eigenvalue weighted by atomic mass is 16.2. The predicted molar refractivity (Wildman–Crippen MR) is 68.9 cm³/mol. The van der Waals surface area contributed by atoms with Crippen molar-refractivity contribution in [3.05, 3.63) is 24.3 Å². The first-order chi connectivity index (χ1) is 8.77. The van der Waals surface area contributed by atoms with Gasteiger partial charge in [-0.05, 0) is 25.0 Å². The molecule has 5 heteroatoms. The van der Waals surface area contributed by atoms with E-state index in [0.717, 1.165) is 24.2 Å². The zero-order valence-electron chi connectivity index (χ0n) is 10.4. The number of carbonyl (C=O) groups excluding carboxylic acids is 1. The Labute approximate surface area is 106 Å². The first-order valence-electron chi connectivity index (χ1n) is 6.35. The summed E-state index contributed by atoms with van der Waals surface area (Å²) in [7, 11) is 1.65. The standard InChI is InChI=1S/C13H16N4O/c1-16-13(18)17(10-6-2-3-7-10)12-9-5-4-8-11(12)14-15-16/h4-5,8-10H,2-3,6-7H2,1H3. The summed E-state index contributed by atoms with van der Waals surface area (Å²) in [4.78, 5) is 14.3. The second kappa shape index (κ2) is 4.40. The molecule has 0 spiro atoms. The first kappa shape index (κ1) is 11.2. The Morgan fingerprint density at radius 3 is 2.72 bits per heavy atom. The fraction of sp³-hybridized carbons (Fsp3) is 0.462. The largest absolute Gasteiger partial charge is 0.346 e. The van der Waals surface area contributed by atoms with Crippen molar-refractivity contribution in [1.82, 2.24) is 5.01 Å². The molecule has 0 N–H and O–H groups in total. The molecule has 2 aliphatic rings. The predicted octanol–water partition coefficient (Wildman–Crippen LogP) is 3.50. The van der Waals surface area contributed by atoms with Crippen molar-refractivity contribution in [3.8, 4) is 0 Å². The van der Waals surface area contributed by atoms with Crippen molar-refractivity contribution >= 4 is 17.4 Å². The third kappa shape index (κ3) is 1.75. The van der Waals surface area contributed by atoms with Gasteiger partial charge >= 0.3 is 6.03 Å². The van der Waals surface area contributed by atoms with Gasteiger partial charge in [0.25, 0.3) is 0 Å². The van der Waals surface area contributed by atoms with Crippen LogP contribution in [0.4, 0.5) is 16.2 Å². The van der Waals surface area contributed by atoms with Crippen LogP contribution in [0.3, 0.4) is 0 Å². The summed E-state index contributed by atoms with van der Waals surface area (Å²) in [5.41, 5.74) is 1.64. The lowest BCUT2D eigenvalue weighted by molar-refractivity contribution is 0.213. The normalized spacial score (nSPS) is 20.2. The molecule has 0 saturated heterocycles. The Kier molecular flexibility index (Phi) is 2.74. The van der Waals surface area contributed by atoms with Crippen molar-refractivity contribution in [2.24, 2.45) is 10.3 Å². The molecule has 0 atom stereocenters. The number of amides is 2. The highest BCUT2D eigenvalue weighted by Gasteiger charge is 2.32. The monoisotopic (exact) mass is 244 g/mol. The molecule has 5 nitrogen and oxygen atoms in total. The zero-order valence-corrected chi connectivity index (χ0v) is 10.4. The molecular formula is C13H16N4O. The van der Waals surface area contributed by atoms with Crippen LogP contribution in [0.25, 0.3) is 0 Å². The van der Waals surface area contributed by atoms with Gasteiger partial charge in [0.1, 0.15) is 5.69 Å². The molecule has 0 unspecified atom stereocenters. The summed E-state index contributed by atoms with van der Waals surface area (Å²) in [5.74, 6) is 0. The lowest BCUT2D eigenvalue weighted by Gasteiger charge is -2.29. The smallest absolute Gasteiger partial charge is 0.287 e. The number of fused-ring (bicyclic) bond motifs is 1. The minimum atomic E-state index is -0.0874. The molecule has 1 fully saturated rings. The Hall–Kier alpha value is -1.91. The zero-order chi connectivity index (χ0) is 12.5. The maximum atomic E-state index is 12.4. The van der Waals surface area contributed by atoms with Gasteiger partial charge in [-0.15, -0.1) is 5.11 Å². The van der Waals surface area contributed by atoms with E-state index in [4.69, 9.17) is 0 Å². The Morgan fingerprint density at radius 1 is 1.22 bits per heavy atom. The Bertz CT molecular complexity index is 494. The molecule has 94 valence electrons. The highest BCUT2D eigenvalue weighted by Crippen LogP contribution is 2.37. The van der Waals surface area contributed by atoms with Crippen LogP contribution in [0.15, 0.2) is 34.6 Å². The van der Waals surface area contributed by atoms with Gasteiger partial charge in [-0.1, -0.05) is 30.2 Å². The van der Waals surface area contributed by atoms with Gasteiger partial charge in [-0.3, -0.25) is 4.90 Å². The van der Waals surface area contributed by atoms with Crippen LogP contribution >= 0.6 is 0 Å². The average Bonchev–Trinajstić information content (AvgIpc) is 2.87. The number of urea groups is 1. The van der Waals surface area contributed by atoms with E-state index in [2.05, 4.69) is 10.3 Å². The van der Waals surface area contributed by atoms with Gasteiger partial charge in [0.05, 0.1) is 5.69 Å². The van der Waals surface area contributed by atoms with Crippen LogP contribution < -0.4 is 4.90 Å². The molecular weight excluding hydrogens is 228 g/mol. The van der Waals surface area contributed by atoms with Crippen molar-refractivity contribution < 1.29 is 4.79 Å². The van der Waals surface area contributed by atoms with Crippen molar-refractivity contribution in [3.63, 3.8) is 0 Å². The number of hydrogen-bond acceptors (Lipinski definition) is 3. The maximum Gasteiger partial charge on any atom is 0.346 e. The van der Waals surface area contributed by atoms with Crippen molar-refractivity contribution in [2.75, 3.05) is 11.9 Å². The lowest BCUT2D eigenvalue weighted by atomic mass is 10.1. The van der Waals surface area contributed by atoms with Gasteiger partial charge in [0.2, 0.25) is 0 Å². The molecule has 3 rings (SSSR count). The van der Waals surface area contributed by atoms with E-state index >= 15 is 0 Å². The van der Waals surface area contributed by atoms with Crippen LogP contribution in [0.2, 0.25) is 0 Å². The molecule has 1 heterocycles. The van der Waals surface area contributed by atoms with Crippen LogP contribution in [0.1, 0.15) is 25.7 Å². The van der Waals surface area contributed by atoms with E-state index in [-0.39, 0.29) is 12.1 Å². The van der Waals surface area contributed by atoms with E-state index in [1.54, 1.807) is 7.05 Å². The second-order valence-electron chi connectivity index (χ2n) is 4.79. The average molecular weight is 244 g/mol. The third-order valence-electron chi connectivity index (χ3n) is 3.60. The quantitative estimate of drug-likeness (QED) is 0.745. The van der Waals surface area contributed by atoms with Crippen molar-refractivity contribution in [2.45, 2.75) is 31.7 Å². The topological polar surface area (TPSA) is 48.3 Å². The Morgan fingerprint density at radius 2 is 1.94 bits per heavy atom. The fourth-order valence-corrected chi connectivity index (χ4v) is 2.68. The number of carbonyl (C=O) groups is 1. The molecule has 18 heavy (non-hydrogen) atoms. The molecule has 1 saturated carbocycles. The summed E-state index contributed by atoms with van der Waals surface area (Å²) >= 11 is 0. The van der Waals surface area contributed by atoms with Crippen LogP contribution in [0, 0.1) is 0 Å². The lowest BCUT2D eigenvalue weighted by Crippen LogP contribution is -2.43. The minimum Gasteiger partial charge on any atom is -0.287 e. The van der Waals surface area contributed by atoms with Crippen LogP contribution in [-0.2, 0) is 0 Å². The molecule has 2 amide bonds. The SMILES string of the molecule is CN1N=Nc2ccccc2N(C2CCCC2)C1=O. The van der Waals surface area contributed by atoms with E-state index in [9.17, 15) is 4.79 Å². The van der Waals surface area contributed by atoms with Gasteiger partial charge in [-0.25, -0.2) is 4.79 Å². The van der Waals surface area contributed by atoms with Gasteiger partial charge < -0.3 is 0 Å². The number of benzene rings is 1. The minimum absolute atomic E-state index is 0.0874. The van der Waals surface area contributed by atoms with Gasteiger partial charge in [0.15, 0.2) is 0 Å². The Balaban J connectivity index is 2.06. The number of nitrogens with zero attached hydrogens (tertiary/aromatic N) is 4. The summed E-state index contributed by atoms with van der Waals surface area (Å²) in [5, 5.41) is 9.38. The number of para-hydroxylation sites is 1. The van der Waals surface area contributed by atoms with E-state index < -0.39 is 0 Å². The van der Waals surface area contributed by atoms with E-state index in [1.807, 2.05) is 29.2 Å². The fourth-order valence-electron chi connectivity index (χ4n) is 2.68. The molecule has 0 bridgehead atoms. The number of hydrogen-bond donors (Lipinski definition) is 0. The molecule has 1 aromatic rings. The molecule has 1 aromatic carbocycles. The summed E-state index contributed by atoms with van der Waals surface area (Å²) in [6, 6.07) is 7.90. The maximum absolute atomic E-state index is 12.4. The number of rotatable bonds is 1. The molecule has 1 aliphatic carbocycles. The van der Waals surface area contributed by atoms with Gasteiger partial charge in [-0.2, -0.15) is 5.01 Å². The molecule has 0 aromatic heterocycles. The van der Waals surface area contributed by atoms with Crippen molar-refractivity contribution in [1.29, 1.82) is 0 Å². The van der Waals surface area contributed by atoms with Gasteiger partial charge in [0, 0.05) is 13.1 Å². The first-order valence-corrected chi connectivity index (χ1v) is 6.35. The van der Waals surface area contributed by atoms with E-state index in [1.165, 1.54) is 17.9 Å². The summed E-state index contributed by atoms with van der Waals surface area (Å²) < 4.78 is 0. The molecule has 0 radical (unpaired) electrons. The molecule has 1 aliphatic heterocycles. The van der Waals surface area contributed by atoms with Crippen LogP contribution in [0.5, 0.6) is 0 Å².